The fourth-order valence-corrected chi connectivity index (χ4v) is 2.79. The normalized spacial score (nSPS) is 11.7. The summed E-state index contributed by atoms with van der Waals surface area (Å²) in [4.78, 5) is 0. The number of rotatable bonds is 5. The van der Waals surface area contributed by atoms with Crippen molar-refractivity contribution < 1.29 is 5.11 Å². The maximum absolute atomic E-state index is 9.59. The molecular formula is C16H22ClNO. The molecule has 0 amide bonds. The van der Waals surface area contributed by atoms with Gasteiger partial charge in [0.1, 0.15) is 5.15 Å². The van der Waals surface area contributed by atoms with Gasteiger partial charge in [-0.3, -0.25) is 0 Å². The van der Waals surface area contributed by atoms with Gasteiger partial charge in [0.05, 0.1) is 6.61 Å². The number of fused-ring (bicyclic) bond motifs is 1. The lowest BCUT2D eigenvalue weighted by molar-refractivity contribution is 0.283. The summed E-state index contributed by atoms with van der Waals surface area (Å²) in [6.45, 7) is 7.43. The summed E-state index contributed by atoms with van der Waals surface area (Å²) in [6, 6.07) is 6.46. The van der Waals surface area contributed by atoms with Gasteiger partial charge in [0.15, 0.2) is 0 Å². The third-order valence-corrected chi connectivity index (χ3v) is 4.11. The molecule has 1 heterocycles. The molecule has 1 aromatic carbocycles. The predicted molar refractivity (Wildman–Crippen MR) is 81.9 cm³/mol. The molecule has 1 N–H and O–H groups in total. The number of nitrogens with zero attached hydrogens (tertiary/aromatic N) is 1. The smallest absolute Gasteiger partial charge is 0.115 e. The molecule has 0 bridgehead atoms. The first-order valence-electron chi connectivity index (χ1n) is 7.01. The Labute approximate surface area is 120 Å². The number of aliphatic hydroxyl groups excluding tert-OH is 1. The number of halogens is 1. The van der Waals surface area contributed by atoms with Crippen LogP contribution in [0.25, 0.3) is 10.9 Å². The summed E-state index contributed by atoms with van der Waals surface area (Å²) < 4.78 is 2.12. The van der Waals surface area contributed by atoms with Crippen LogP contribution in [0.1, 0.15) is 50.7 Å². The van der Waals surface area contributed by atoms with Crippen molar-refractivity contribution in [2.24, 2.45) is 0 Å². The van der Waals surface area contributed by atoms with Crippen LogP contribution in [0.15, 0.2) is 18.2 Å². The topological polar surface area (TPSA) is 25.2 Å². The van der Waals surface area contributed by atoms with Gasteiger partial charge >= 0.3 is 0 Å². The van der Waals surface area contributed by atoms with Gasteiger partial charge in [-0.25, -0.2) is 0 Å². The minimum absolute atomic E-state index is 0.00396. The fraction of sp³-hybridized carbons (Fsp3) is 0.500. The summed E-state index contributed by atoms with van der Waals surface area (Å²) in [5.41, 5.74) is 3.27. The number of benzene rings is 1. The lowest BCUT2D eigenvalue weighted by Crippen LogP contribution is -1.97. The molecule has 0 aliphatic carbocycles. The quantitative estimate of drug-likeness (QED) is 0.842. The first-order chi connectivity index (χ1) is 9.10. The Morgan fingerprint density at radius 2 is 2.05 bits per heavy atom. The van der Waals surface area contributed by atoms with Crippen LogP contribution in [0.4, 0.5) is 0 Å². The van der Waals surface area contributed by atoms with Gasteiger partial charge in [0, 0.05) is 23.0 Å². The SMILES string of the molecule is CCCCn1c(Cl)c(CO)c2cc(C(C)C)ccc21. The minimum Gasteiger partial charge on any atom is -0.392 e. The second kappa shape index (κ2) is 5.98. The average molecular weight is 280 g/mol. The summed E-state index contributed by atoms with van der Waals surface area (Å²) in [6.07, 6.45) is 2.23. The standard InChI is InChI=1S/C16H22ClNO/c1-4-5-8-18-15-7-6-12(11(2)3)9-13(15)14(10-19)16(18)17/h6-7,9,11,19H,4-5,8,10H2,1-3H3. The summed E-state index contributed by atoms with van der Waals surface area (Å²) in [5, 5.41) is 11.4. The van der Waals surface area contributed by atoms with Gasteiger partial charge in [0.2, 0.25) is 0 Å². The van der Waals surface area contributed by atoms with E-state index >= 15 is 0 Å². The molecule has 0 aliphatic rings. The van der Waals surface area contributed by atoms with E-state index in [1.807, 2.05) is 0 Å². The van der Waals surface area contributed by atoms with Crippen molar-refractivity contribution in [2.75, 3.05) is 0 Å². The van der Waals surface area contributed by atoms with E-state index in [-0.39, 0.29) is 6.61 Å². The van der Waals surface area contributed by atoms with E-state index < -0.39 is 0 Å². The Kier molecular flexibility index (Phi) is 4.54. The summed E-state index contributed by atoms with van der Waals surface area (Å²) in [5.74, 6) is 0.480. The van der Waals surface area contributed by atoms with Crippen molar-refractivity contribution in [3.8, 4) is 0 Å². The van der Waals surface area contributed by atoms with E-state index in [0.29, 0.717) is 11.1 Å². The highest BCUT2D eigenvalue weighted by Gasteiger charge is 2.15. The predicted octanol–water partition coefficient (Wildman–Crippen LogP) is 4.71. The van der Waals surface area contributed by atoms with E-state index in [1.165, 1.54) is 5.56 Å². The van der Waals surface area contributed by atoms with Crippen LogP contribution in [-0.4, -0.2) is 9.67 Å². The van der Waals surface area contributed by atoms with Crippen molar-refractivity contribution in [3.63, 3.8) is 0 Å². The highest BCUT2D eigenvalue weighted by Crippen LogP contribution is 2.32. The number of aliphatic hydroxyl groups is 1. The number of unbranched alkanes of at least 4 members (excludes halogenated alkanes) is 1. The zero-order valence-corrected chi connectivity index (χ0v) is 12.7. The van der Waals surface area contributed by atoms with Gasteiger partial charge in [-0.05, 0) is 30.0 Å². The Morgan fingerprint density at radius 1 is 1.32 bits per heavy atom. The molecule has 2 nitrogen and oxygen atoms in total. The lowest BCUT2D eigenvalue weighted by Gasteiger charge is -2.08. The summed E-state index contributed by atoms with van der Waals surface area (Å²) in [7, 11) is 0. The first-order valence-corrected chi connectivity index (χ1v) is 7.39. The number of aryl methyl sites for hydroxylation is 1. The number of hydrogen-bond acceptors (Lipinski definition) is 1. The van der Waals surface area contributed by atoms with Crippen molar-refractivity contribution >= 4 is 22.5 Å². The van der Waals surface area contributed by atoms with Gasteiger partial charge in [-0.1, -0.05) is 44.9 Å². The number of aromatic nitrogens is 1. The first kappa shape index (κ1) is 14.4. The van der Waals surface area contributed by atoms with E-state index in [1.54, 1.807) is 0 Å². The molecule has 104 valence electrons. The molecule has 0 aliphatic heterocycles. The average Bonchev–Trinajstić information content (AvgIpc) is 2.66. The zero-order chi connectivity index (χ0) is 14.0. The molecule has 0 saturated carbocycles. The Hall–Kier alpha value is -0.990. The van der Waals surface area contributed by atoms with Crippen LogP contribution in [0.5, 0.6) is 0 Å². The van der Waals surface area contributed by atoms with Gasteiger partial charge in [0.25, 0.3) is 0 Å². The number of hydrogen-bond donors (Lipinski definition) is 1. The summed E-state index contributed by atoms with van der Waals surface area (Å²) >= 11 is 6.42. The molecule has 0 spiro atoms. The van der Waals surface area contributed by atoms with E-state index in [9.17, 15) is 5.11 Å². The van der Waals surface area contributed by atoms with Gasteiger partial charge in [-0.15, -0.1) is 0 Å². The third-order valence-electron chi connectivity index (χ3n) is 3.68. The van der Waals surface area contributed by atoms with Gasteiger partial charge < -0.3 is 9.67 Å². The molecule has 0 saturated heterocycles. The van der Waals surface area contributed by atoms with Crippen molar-refractivity contribution in [3.05, 3.63) is 34.5 Å². The van der Waals surface area contributed by atoms with Crippen LogP contribution >= 0.6 is 11.6 Å². The van der Waals surface area contributed by atoms with E-state index in [2.05, 4.69) is 43.5 Å². The minimum atomic E-state index is -0.00396. The fourth-order valence-electron chi connectivity index (χ4n) is 2.45. The van der Waals surface area contributed by atoms with Crippen LogP contribution in [0.3, 0.4) is 0 Å². The maximum atomic E-state index is 9.59. The highest BCUT2D eigenvalue weighted by molar-refractivity contribution is 6.32. The molecule has 19 heavy (non-hydrogen) atoms. The third kappa shape index (κ3) is 2.65. The second-order valence-corrected chi connectivity index (χ2v) is 5.72. The van der Waals surface area contributed by atoms with Crippen molar-refractivity contribution in [1.82, 2.24) is 4.57 Å². The Morgan fingerprint density at radius 3 is 2.63 bits per heavy atom. The van der Waals surface area contributed by atoms with Gasteiger partial charge in [-0.2, -0.15) is 0 Å². The zero-order valence-electron chi connectivity index (χ0n) is 11.9. The van der Waals surface area contributed by atoms with E-state index in [0.717, 1.165) is 35.9 Å². The van der Waals surface area contributed by atoms with Crippen LogP contribution in [0.2, 0.25) is 5.15 Å². The monoisotopic (exact) mass is 279 g/mol. The van der Waals surface area contributed by atoms with Crippen LogP contribution in [-0.2, 0) is 13.2 Å². The lowest BCUT2D eigenvalue weighted by atomic mass is 10.0. The molecule has 0 atom stereocenters. The van der Waals surface area contributed by atoms with E-state index in [4.69, 9.17) is 11.6 Å². The molecule has 2 rings (SSSR count). The Balaban J connectivity index is 2.60. The molecular weight excluding hydrogens is 258 g/mol. The maximum Gasteiger partial charge on any atom is 0.115 e. The molecule has 1 aromatic heterocycles. The Bertz CT molecular complexity index is 572. The van der Waals surface area contributed by atoms with Crippen molar-refractivity contribution in [2.45, 2.75) is 52.7 Å². The molecule has 0 unspecified atom stereocenters. The van der Waals surface area contributed by atoms with Crippen LogP contribution < -0.4 is 0 Å². The highest BCUT2D eigenvalue weighted by atomic mass is 35.5. The molecule has 2 aromatic rings. The van der Waals surface area contributed by atoms with Crippen molar-refractivity contribution in [1.29, 1.82) is 0 Å². The molecule has 0 radical (unpaired) electrons. The molecule has 0 fully saturated rings. The van der Waals surface area contributed by atoms with Crippen LogP contribution in [0, 0.1) is 0 Å². The largest absolute Gasteiger partial charge is 0.392 e. The molecule has 3 heteroatoms. The second-order valence-electron chi connectivity index (χ2n) is 5.36.